The largest absolute Gasteiger partial charge is 0.454 e. The fourth-order valence-electron chi connectivity index (χ4n) is 1.10. The Kier molecular flexibility index (Phi) is 3.91. The minimum absolute atomic E-state index is 0.184. The summed E-state index contributed by atoms with van der Waals surface area (Å²) < 4.78 is 5.30. The molecule has 0 fully saturated rings. The maximum atomic E-state index is 11.5. The van der Waals surface area contributed by atoms with E-state index in [1.165, 1.54) is 0 Å². The molecule has 0 saturated heterocycles. The first-order chi connectivity index (χ1) is 7.00. The zero-order chi connectivity index (χ0) is 11.4. The van der Waals surface area contributed by atoms with Crippen LogP contribution in [0.4, 0.5) is 0 Å². The highest BCUT2D eigenvalue weighted by Gasteiger charge is 2.12. The van der Waals surface area contributed by atoms with Gasteiger partial charge in [0.2, 0.25) is 0 Å². The number of carbonyl (C=O) groups excluding carboxylic acids is 1. The minimum Gasteiger partial charge on any atom is -0.454 e. The monoisotopic (exact) mass is 210 g/mol. The summed E-state index contributed by atoms with van der Waals surface area (Å²) in [5.41, 5.74) is 5.62. The number of amides is 1. The lowest BCUT2D eigenvalue weighted by Crippen LogP contribution is -2.26. The highest BCUT2D eigenvalue weighted by Crippen LogP contribution is 2.13. The van der Waals surface area contributed by atoms with E-state index in [0.29, 0.717) is 24.0 Å². The average molecular weight is 210 g/mol. The van der Waals surface area contributed by atoms with Gasteiger partial charge in [-0.1, -0.05) is 13.8 Å². The molecule has 0 saturated carbocycles. The molecule has 1 atom stereocenters. The highest BCUT2D eigenvalue weighted by molar-refractivity contribution is 5.91. The van der Waals surface area contributed by atoms with Crippen molar-refractivity contribution in [1.29, 1.82) is 0 Å². The van der Waals surface area contributed by atoms with Crippen molar-refractivity contribution in [2.24, 2.45) is 11.7 Å². The highest BCUT2D eigenvalue weighted by atomic mass is 16.4. The van der Waals surface area contributed by atoms with Crippen molar-refractivity contribution in [2.75, 3.05) is 6.54 Å². The summed E-state index contributed by atoms with van der Waals surface area (Å²) in [5.74, 6) is 1.19. The molecule has 1 rings (SSSR count). The summed E-state index contributed by atoms with van der Waals surface area (Å²) in [4.78, 5) is 11.5. The van der Waals surface area contributed by atoms with Crippen LogP contribution in [-0.2, 0) is 0 Å². The van der Waals surface area contributed by atoms with Crippen LogP contribution < -0.4 is 11.1 Å². The molecule has 4 nitrogen and oxygen atoms in total. The predicted octanol–water partition coefficient (Wildman–Crippen LogP) is 1.69. The van der Waals surface area contributed by atoms with Gasteiger partial charge in [-0.05, 0) is 25.0 Å². The second-order valence-corrected chi connectivity index (χ2v) is 4.09. The second-order valence-electron chi connectivity index (χ2n) is 4.09. The number of nitrogens with one attached hydrogen (secondary N) is 1. The third-order valence-electron chi connectivity index (χ3n) is 1.97. The Balaban J connectivity index is 2.58. The van der Waals surface area contributed by atoms with Gasteiger partial charge in [-0.3, -0.25) is 4.79 Å². The Hall–Kier alpha value is -1.29. The van der Waals surface area contributed by atoms with E-state index in [-0.39, 0.29) is 11.9 Å². The van der Waals surface area contributed by atoms with E-state index in [1.54, 1.807) is 12.1 Å². The fourth-order valence-corrected chi connectivity index (χ4v) is 1.10. The lowest BCUT2D eigenvalue weighted by Gasteiger charge is -2.05. The van der Waals surface area contributed by atoms with Gasteiger partial charge in [-0.15, -0.1) is 0 Å². The minimum atomic E-state index is -0.185. The zero-order valence-electron chi connectivity index (χ0n) is 9.41. The number of hydrogen-bond donors (Lipinski definition) is 2. The van der Waals surface area contributed by atoms with Crippen molar-refractivity contribution >= 4 is 5.91 Å². The molecule has 1 aromatic heterocycles. The normalized spacial score (nSPS) is 12.9. The van der Waals surface area contributed by atoms with E-state index >= 15 is 0 Å². The Morgan fingerprint density at radius 3 is 2.60 bits per heavy atom. The van der Waals surface area contributed by atoms with Gasteiger partial charge in [0.05, 0.1) is 6.04 Å². The summed E-state index contributed by atoms with van der Waals surface area (Å²) in [6, 6.07) is 3.19. The van der Waals surface area contributed by atoms with Crippen LogP contribution in [0.3, 0.4) is 0 Å². The van der Waals surface area contributed by atoms with Crippen LogP contribution in [0.1, 0.15) is 43.1 Å². The lowest BCUT2D eigenvalue weighted by atomic mass is 10.2. The Labute approximate surface area is 89.8 Å². The molecule has 1 heterocycles. The van der Waals surface area contributed by atoms with Gasteiger partial charge >= 0.3 is 0 Å². The Morgan fingerprint density at radius 2 is 2.13 bits per heavy atom. The van der Waals surface area contributed by atoms with E-state index < -0.39 is 0 Å². The number of carbonyl (C=O) groups is 1. The molecular weight excluding hydrogens is 192 g/mol. The summed E-state index contributed by atoms with van der Waals surface area (Å²) >= 11 is 0. The standard InChI is InChI=1S/C11H18N2O2/c1-7(2)6-13-11(14)10-5-4-9(15-10)8(3)12/h4-5,7-8H,6,12H2,1-3H3,(H,13,14). The van der Waals surface area contributed by atoms with Crippen molar-refractivity contribution in [3.63, 3.8) is 0 Å². The van der Waals surface area contributed by atoms with E-state index in [9.17, 15) is 4.79 Å². The Morgan fingerprint density at radius 1 is 1.47 bits per heavy atom. The third-order valence-corrected chi connectivity index (χ3v) is 1.97. The van der Waals surface area contributed by atoms with Crippen LogP contribution in [0.15, 0.2) is 16.5 Å². The van der Waals surface area contributed by atoms with Crippen LogP contribution in [0.2, 0.25) is 0 Å². The van der Waals surface area contributed by atoms with Crippen LogP contribution in [0.25, 0.3) is 0 Å². The molecule has 0 aliphatic heterocycles. The summed E-state index contributed by atoms with van der Waals surface area (Å²) in [5, 5.41) is 2.78. The van der Waals surface area contributed by atoms with E-state index in [2.05, 4.69) is 5.32 Å². The van der Waals surface area contributed by atoms with Gasteiger partial charge in [0.25, 0.3) is 5.91 Å². The Bertz CT molecular complexity index is 329. The van der Waals surface area contributed by atoms with Crippen LogP contribution in [0.5, 0.6) is 0 Å². The molecule has 1 unspecified atom stereocenters. The SMILES string of the molecule is CC(C)CNC(=O)c1ccc(C(C)N)o1. The summed E-state index contributed by atoms with van der Waals surface area (Å²) in [7, 11) is 0. The molecule has 0 bridgehead atoms. The average Bonchev–Trinajstić information content (AvgIpc) is 2.62. The van der Waals surface area contributed by atoms with Gasteiger partial charge in [0.1, 0.15) is 5.76 Å². The first kappa shape index (κ1) is 11.8. The fraction of sp³-hybridized carbons (Fsp3) is 0.545. The van der Waals surface area contributed by atoms with Gasteiger partial charge in [0.15, 0.2) is 5.76 Å². The molecule has 0 aliphatic rings. The second kappa shape index (κ2) is 4.98. The van der Waals surface area contributed by atoms with Crippen LogP contribution >= 0.6 is 0 Å². The zero-order valence-corrected chi connectivity index (χ0v) is 9.41. The number of hydrogen-bond acceptors (Lipinski definition) is 3. The van der Waals surface area contributed by atoms with Gasteiger partial charge < -0.3 is 15.5 Å². The van der Waals surface area contributed by atoms with Crippen molar-refractivity contribution < 1.29 is 9.21 Å². The first-order valence-corrected chi connectivity index (χ1v) is 5.14. The van der Waals surface area contributed by atoms with E-state index in [4.69, 9.17) is 10.2 Å². The summed E-state index contributed by atoms with van der Waals surface area (Å²) in [6.07, 6.45) is 0. The van der Waals surface area contributed by atoms with Crippen LogP contribution in [0, 0.1) is 5.92 Å². The third kappa shape index (κ3) is 3.40. The predicted molar refractivity (Wildman–Crippen MR) is 58.5 cm³/mol. The number of nitrogens with two attached hydrogens (primary N) is 1. The van der Waals surface area contributed by atoms with E-state index in [1.807, 2.05) is 20.8 Å². The topological polar surface area (TPSA) is 68.3 Å². The molecule has 4 heteroatoms. The smallest absolute Gasteiger partial charge is 0.287 e. The van der Waals surface area contributed by atoms with Crippen molar-refractivity contribution in [3.8, 4) is 0 Å². The molecule has 0 aliphatic carbocycles. The molecule has 0 radical (unpaired) electrons. The van der Waals surface area contributed by atoms with Gasteiger partial charge in [0, 0.05) is 6.54 Å². The first-order valence-electron chi connectivity index (χ1n) is 5.14. The van der Waals surface area contributed by atoms with E-state index in [0.717, 1.165) is 0 Å². The molecule has 1 aromatic rings. The molecule has 1 amide bonds. The molecule has 0 spiro atoms. The van der Waals surface area contributed by atoms with Gasteiger partial charge in [-0.2, -0.15) is 0 Å². The molecule has 84 valence electrons. The molecule has 15 heavy (non-hydrogen) atoms. The molecule has 3 N–H and O–H groups in total. The quantitative estimate of drug-likeness (QED) is 0.794. The number of rotatable bonds is 4. The summed E-state index contributed by atoms with van der Waals surface area (Å²) in [6.45, 7) is 6.54. The maximum Gasteiger partial charge on any atom is 0.287 e. The van der Waals surface area contributed by atoms with Gasteiger partial charge in [-0.25, -0.2) is 0 Å². The molecular formula is C11H18N2O2. The van der Waals surface area contributed by atoms with Crippen molar-refractivity contribution in [3.05, 3.63) is 23.7 Å². The number of furan rings is 1. The maximum absolute atomic E-state index is 11.5. The van der Waals surface area contributed by atoms with Crippen LogP contribution in [-0.4, -0.2) is 12.5 Å². The molecule has 0 aromatic carbocycles. The lowest BCUT2D eigenvalue weighted by molar-refractivity contribution is 0.0919. The van der Waals surface area contributed by atoms with Crippen molar-refractivity contribution in [1.82, 2.24) is 5.32 Å². The van der Waals surface area contributed by atoms with Crippen molar-refractivity contribution in [2.45, 2.75) is 26.8 Å².